The SMILES string of the molecule is Cc1cc(C(=O)Nc2cccc(F)c2)ccc1C#CCO. The van der Waals surface area contributed by atoms with Crippen molar-refractivity contribution in [2.45, 2.75) is 6.92 Å². The summed E-state index contributed by atoms with van der Waals surface area (Å²) >= 11 is 0. The van der Waals surface area contributed by atoms with E-state index in [9.17, 15) is 9.18 Å². The van der Waals surface area contributed by atoms with Gasteiger partial charge in [0.25, 0.3) is 5.91 Å². The molecule has 0 heterocycles. The van der Waals surface area contributed by atoms with Crippen LogP contribution in [0.4, 0.5) is 10.1 Å². The second-order valence-corrected chi connectivity index (χ2v) is 4.45. The number of anilines is 1. The van der Waals surface area contributed by atoms with Crippen molar-refractivity contribution in [3.05, 3.63) is 65.0 Å². The topological polar surface area (TPSA) is 49.3 Å². The van der Waals surface area contributed by atoms with Crippen LogP contribution in [0.1, 0.15) is 21.5 Å². The van der Waals surface area contributed by atoms with Crippen LogP contribution in [0.15, 0.2) is 42.5 Å². The number of aliphatic hydroxyl groups is 1. The van der Waals surface area contributed by atoms with Gasteiger partial charge in [0.1, 0.15) is 12.4 Å². The summed E-state index contributed by atoms with van der Waals surface area (Å²) in [5.41, 5.74) is 2.46. The quantitative estimate of drug-likeness (QED) is 0.833. The summed E-state index contributed by atoms with van der Waals surface area (Å²) in [7, 11) is 0. The van der Waals surface area contributed by atoms with Gasteiger partial charge in [0.05, 0.1) is 0 Å². The smallest absolute Gasteiger partial charge is 0.255 e. The number of hydrogen-bond acceptors (Lipinski definition) is 2. The zero-order valence-corrected chi connectivity index (χ0v) is 11.5. The van der Waals surface area contributed by atoms with Gasteiger partial charge in [0, 0.05) is 16.8 Å². The monoisotopic (exact) mass is 283 g/mol. The molecule has 0 atom stereocenters. The summed E-state index contributed by atoms with van der Waals surface area (Å²) in [5.74, 6) is 4.65. The average Bonchev–Trinajstić information content (AvgIpc) is 2.46. The van der Waals surface area contributed by atoms with Crippen LogP contribution in [0.2, 0.25) is 0 Å². The molecule has 0 aliphatic carbocycles. The maximum atomic E-state index is 13.1. The normalized spacial score (nSPS) is 9.67. The summed E-state index contributed by atoms with van der Waals surface area (Å²) in [6.45, 7) is 1.63. The molecule has 0 spiro atoms. The number of hydrogen-bond donors (Lipinski definition) is 2. The van der Waals surface area contributed by atoms with Crippen LogP contribution >= 0.6 is 0 Å². The van der Waals surface area contributed by atoms with Gasteiger partial charge in [-0.05, 0) is 48.9 Å². The van der Waals surface area contributed by atoms with Crippen LogP contribution in [0.25, 0.3) is 0 Å². The molecule has 21 heavy (non-hydrogen) atoms. The van der Waals surface area contributed by atoms with E-state index in [1.165, 1.54) is 18.2 Å². The van der Waals surface area contributed by atoms with E-state index in [4.69, 9.17) is 5.11 Å². The van der Waals surface area contributed by atoms with Gasteiger partial charge in [-0.2, -0.15) is 0 Å². The molecule has 0 unspecified atom stereocenters. The molecule has 3 nitrogen and oxygen atoms in total. The van der Waals surface area contributed by atoms with Crippen molar-refractivity contribution >= 4 is 11.6 Å². The lowest BCUT2D eigenvalue weighted by molar-refractivity contribution is 0.102. The average molecular weight is 283 g/mol. The van der Waals surface area contributed by atoms with Crippen molar-refractivity contribution in [2.24, 2.45) is 0 Å². The summed E-state index contributed by atoms with van der Waals surface area (Å²) in [6.07, 6.45) is 0. The molecule has 0 aromatic heterocycles. The van der Waals surface area contributed by atoms with E-state index >= 15 is 0 Å². The van der Waals surface area contributed by atoms with Crippen LogP contribution in [0, 0.1) is 24.6 Å². The third-order valence-corrected chi connectivity index (χ3v) is 2.87. The molecule has 4 heteroatoms. The van der Waals surface area contributed by atoms with Gasteiger partial charge < -0.3 is 10.4 Å². The second-order valence-electron chi connectivity index (χ2n) is 4.45. The molecule has 2 N–H and O–H groups in total. The molecule has 0 saturated carbocycles. The lowest BCUT2D eigenvalue weighted by atomic mass is 10.0. The van der Waals surface area contributed by atoms with Gasteiger partial charge in [-0.3, -0.25) is 4.79 Å². The number of amides is 1. The lowest BCUT2D eigenvalue weighted by Gasteiger charge is -2.07. The second kappa shape index (κ2) is 6.69. The first-order valence-electron chi connectivity index (χ1n) is 6.37. The number of aryl methyl sites for hydroxylation is 1. The Morgan fingerprint density at radius 3 is 2.76 bits per heavy atom. The van der Waals surface area contributed by atoms with E-state index in [1.807, 2.05) is 6.92 Å². The summed E-state index contributed by atoms with van der Waals surface area (Å²) in [5, 5.41) is 11.3. The molecule has 106 valence electrons. The number of carbonyl (C=O) groups excluding carboxylic acids is 1. The number of benzene rings is 2. The zero-order valence-electron chi connectivity index (χ0n) is 11.5. The van der Waals surface area contributed by atoms with Crippen molar-refractivity contribution in [1.29, 1.82) is 0 Å². The Hall–Kier alpha value is -2.64. The zero-order chi connectivity index (χ0) is 15.2. The van der Waals surface area contributed by atoms with Crippen LogP contribution in [-0.4, -0.2) is 17.6 Å². The highest BCUT2D eigenvalue weighted by Crippen LogP contribution is 2.14. The molecule has 0 radical (unpaired) electrons. The maximum Gasteiger partial charge on any atom is 0.255 e. The molecule has 0 saturated heterocycles. The van der Waals surface area contributed by atoms with E-state index in [0.717, 1.165) is 11.1 Å². The molecule has 0 aliphatic rings. The van der Waals surface area contributed by atoms with Gasteiger partial charge in [-0.1, -0.05) is 17.9 Å². The van der Waals surface area contributed by atoms with Crippen molar-refractivity contribution < 1.29 is 14.3 Å². The van der Waals surface area contributed by atoms with Gasteiger partial charge >= 0.3 is 0 Å². The van der Waals surface area contributed by atoms with Crippen molar-refractivity contribution in [2.75, 3.05) is 11.9 Å². The summed E-state index contributed by atoms with van der Waals surface area (Å²) in [6, 6.07) is 10.8. The molecule has 2 rings (SSSR count). The lowest BCUT2D eigenvalue weighted by Crippen LogP contribution is -2.12. The van der Waals surface area contributed by atoms with Gasteiger partial charge in [0.15, 0.2) is 0 Å². The minimum absolute atomic E-state index is 0.207. The molecule has 0 aliphatic heterocycles. The maximum absolute atomic E-state index is 13.1. The van der Waals surface area contributed by atoms with Gasteiger partial charge in [0.2, 0.25) is 0 Å². The molecular weight excluding hydrogens is 269 g/mol. The van der Waals surface area contributed by atoms with Crippen LogP contribution in [0.5, 0.6) is 0 Å². The fraction of sp³-hybridized carbons (Fsp3) is 0.118. The Bertz CT molecular complexity index is 729. The Morgan fingerprint density at radius 2 is 2.10 bits per heavy atom. The number of rotatable bonds is 2. The third kappa shape index (κ3) is 3.91. The molecule has 2 aromatic rings. The number of halogens is 1. The highest BCUT2D eigenvalue weighted by molar-refractivity contribution is 6.04. The van der Waals surface area contributed by atoms with E-state index in [2.05, 4.69) is 17.2 Å². The summed E-state index contributed by atoms with van der Waals surface area (Å²) in [4.78, 5) is 12.1. The Labute approximate surface area is 122 Å². The fourth-order valence-electron chi connectivity index (χ4n) is 1.85. The number of nitrogens with one attached hydrogen (secondary N) is 1. The number of aliphatic hydroxyl groups excluding tert-OH is 1. The molecule has 1 amide bonds. The largest absolute Gasteiger partial charge is 0.384 e. The third-order valence-electron chi connectivity index (χ3n) is 2.87. The van der Waals surface area contributed by atoms with Crippen LogP contribution in [-0.2, 0) is 0 Å². The first-order chi connectivity index (χ1) is 10.1. The van der Waals surface area contributed by atoms with Gasteiger partial charge in [-0.15, -0.1) is 0 Å². The van der Waals surface area contributed by atoms with Crippen LogP contribution < -0.4 is 5.32 Å². The molecule has 2 aromatic carbocycles. The van der Waals surface area contributed by atoms with Crippen LogP contribution in [0.3, 0.4) is 0 Å². The Balaban J connectivity index is 2.18. The van der Waals surface area contributed by atoms with E-state index < -0.39 is 5.82 Å². The van der Waals surface area contributed by atoms with E-state index in [0.29, 0.717) is 11.3 Å². The van der Waals surface area contributed by atoms with Gasteiger partial charge in [-0.25, -0.2) is 4.39 Å². The molecular formula is C17H14FNO2. The van der Waals surface area contributed by atoms with E-state index in [1.54, 1.807) is 24.3 Å². The highest BCUT2D eigenvalue weighted by atomic mass is 19.1. The van der Waals surface area contributed by atoms with Crippen molar-refractivity contribution in [1.82, 2.24) is 0 Å². The first-order valence-corrected chi connectivity index (χ1v) is 6.37. The Kier molecular flexibility index (Phi) is 4.70. The van der Waals surface area contributed by atoms with Crippen molar-refractivity contribution in [3.63, 3.8) is 0 Å². The fourth-order valence-corrected chi connectivity index (χ4v) is 1.85. The van der Waals surface area contributed by atoms with Crippen molar-refractivity contribution in [3.8, 4) is 11.8 Å². The molecule has 0 fully saturated rings. The Morgan fingerprint density at radius 1 is 1.29 bits per heavy atom. The minimum Gasteiger partial charge on any atom is -0.384 e. The minimum atomic E-state index is -0.404. The standard InChI is InChI=1S/C17H14FNO2/c1-12-10-14(8-7-13(12)4-3-9-20)17(21)19-16-6-2-5-15(18)11-16/h2,5-8,10-11,20H,9H2,1H3,(H,19,21). The first kappa shape index (κ1) is 14.8. The predicted molar refractivity (Wildman–Crippen MR) is 79.5 cm³/mol. The number of carbonyl (C=O) groups is 1. The van der Waals surface area contributed by atoms with E-state index in [-0.39, 0.29) is 12.5 Å². The highest BCUT2D eigenvalue weighted by Gasteiger charge is 2.08. The molecule has 0 bridgehead atoms. The predicted octanol–water partition coefficient (Wildman–Crippen LogP) is 2.73. The summed E-state index contributed by atoms with van der Waals surface area (Å²) < 4.78 is 13.1.